The molecule has 1 aliphatic rings. The fourth-order valence-corrected chi connectivity index (χ4v) is 5.40. The largest absolute Gasteiger partial charge is 1.00 e. The van der Waals surface area contributed by atoms with Crippen LogP contribution in [0.5, 0.6) is 0 Å². The summed E-state index contributed by atoms with van der Waals surface area (Å²) in [6.07, 6.45) is 2.61. The Hall–Kier alpha value is -1.16. The number of aliphatic imine (C=N–C) groups is 1. The van der Waals surface area contributed by atoms with Crippen LogP contribution in [0.15, 0.2) is 34.4 Å². The number of hydroxylamine groups is 2. The molecule has 2 unspecified atom stereocenters. The molecule has 0 radical (unpaired) electrons. The molecular weight excluding hydrogens is 517 g/mol. The van der Waals surface area contributed by atoms with Crippen molar-refractivity contribution in [2.75, 3.05) is 6.54 Å². The van der Waals surface area contributed by atoms with Crippen molar-refractivity contribution in [3.05, 3.63) is 24.4 Å². The topological polar surface area (TPSA) is 166 Å². The molecule has 2 atom stereocenters. The van der Waals surface area contributed by atoms with Crippen LogP contribution in [0.4, 0.5) is 0 Å². The molecule has 1 aromatic rings. The van der Waals surface area contributed by atoms with Gasteiger partial charge in [-0.05, 0) is 48.1 Å². The van der Waals surface area contributed by atoms with Crippen LogP contribution in [-0.2, 0) is 29.3 Å². The summed E-state index contributed by atoms with van der Waals surface area (Å²) in [5, 5.41) is 11.0. The quantitative estimate of drug-likeness (QED) is 0.0581. The van der Waals surface area contributed by atoms with Crippen LogP contribution in [0, 0.1) is 0 Å². The third-order valence-corrected chi connectivity index (χ3v) is 8.22. The zero-order chi connectivity index (χ0) is 24.4. The molecule has 0 bridgehead atoms. The fourth-order valence-electron chi connectivity index (χ4n) is 2.69. The van der Waals surface area contributed by atoms with Gasteiger partial charge in [0.1, 0.15) is 5.03 Å². The van der Waals surface area contributed by atoms with Crippen LogP contribution >= 0.6 is 21.6 Å². The molecule has 1 fully saturated rings. The monoisotopic (exact) mass is 541 g/mol. The number of aromatic nitrogens is 1. The van der Waals surface area contributed by atoms with Crippen molar-refractivity contribution in [1.29, 1.82) is 0 Å². The number of hydrogen-bond acceptors (Lipinski definition) is 11. The number of amides is 2. The molecular formula is C19H24N3NaO8S3. The van der Waals surface area contributed by atoms with E-state index < -0.39 is 39.6 Å². The van der Waals surface area contributed by atoms with Gasteiger partial charge < -0.3 is 14.9 Å². The number of carbonyl (C=O) groups excluding carboxylic acids is 3. The van der Waals surface area contributed by atoms with Crippen LogP contribution in [0.25, 0.3) is 0 Å². The summed E-state index contributed by atoms with van der Waals surface area (Å²) in [7, 11) is -1.71. The van der Waals surface area contributed by atoms with E-state index in [2.05, 4.69) is 14.8 Å². The summed E-state index contributed by atoms with van der Waals surface area (Å²) in [4.78, 5) is 48.1. The maximum atomic E-state index is 11.9. The second-order valence-corrected chi connectivity index (χ2v) is 11.4. The van der Waals surface area contributed by atoms with Crippen LogP contribution in [0.2, 0.25) is 0 Å². The second-order valence-electron chi connectivity index (χ2n) is 7.15. The van der Waals surface area contributed by atoms with Crippen molar-refractivity contribution in [3.8, 4) is 0 Å². The van der Waals surface area contributed by atoms with Gasteiger partial charge in [0.2, 0.25) is 0 Å². The minimum atomic E-state index is -4.76. The molecule has 15 heteroatoms. The SMILES string of the molecule is CC(CC([O-])=NCCCCCC(=O)ON1C(=O)CC(S(=O)(=O)O)C1=O)SSc1ccccn1.[Na+]. The molecule has 0 saturated carbocycles. The van der Waals surface area contributed by atoms with Gasteiger partial charge in [-0.25, -0.2) is 9.78 Å². The Morgan fingerprint density at radius 2 is 2.09 bits per heavy atom. The van der Waals surface area contributed by atoms with E-state index in [1.807, 2.05) is 25.1 Å². The number of nitrogens with zero attached hydrogens (tertiary/aromatic N) is 3. The summed E-state index contributed by atoms with van der Waals surface area (Å²) in [5.41, 5.74) is 0. The van der Waals surface area contributed by atoms with Gasteiger partial charge in [-0.15, -0.1) is 5.06 Å². The Kier molecular flexibility index (Phi) is 13.7. The van der Waals surface area contributed by atoms with Gasteiger partial charge >= 0.3 is 35.5 Å². The molecule has 1 aromatic heterocycles. The van der Waals surface area contributed by atoms with Crippen molar-refractivity contribution < 1.29 is 66.9 Å². The average Bonchev–Trinajstić information content (AvgIpc) is 3.04. The molecule has 182 valence electrons. The van der Waals surface area contributed by atoms with Crippen molar-refractivity contribution in [2.24, 2.45) is 4.99 Å². The van der Waals surface area contributed by atoms with E-state index >= 15 is 0 Å². The van der Waals surface area contributed by atoms with E-state index in [9.17, 15) is 27.9 Å². The van der Waals surface area contributed by atoms with Gasteiger partial charge in [0.15, 0.2) is 5.25 Å². The number of pyridine rings is 1. The molecule has 2 rings (SSSR count). The normalized spacial score (nSPS) is 17.4. The first-order valence-electron chi connectivity index (χ1n) is 10.1. The van der Waals surface area contributed by atoms with Crippen LogP contribution in [0.1, 0.15) is 45.4 Å². The predicted octanol–water partition coefficient (Wildman–Crippen LogP) is -1.60. The second kappa shape index (κ2) is 15.1. The van der Waals surface area contributed by atoms with Gasteiger partial charge in [-0.2, -0.15) is 8.42 Å². The van der Waals surface area contributed by atoms with E-state index in [-0.39, 0.29) is 52.2 Å². The summed E-state index contributed by atoms with van der Waals surface area (Å²) < 4.78 is 31.1. The summed E-state index contributed by atoms with van der Waals surface area (Å²) in [6.45, 7) is 2.26. The van der Waals surface area contributed by atoms with E-state index in [1.165, 1.54) is 10.8 Å². The van der Waals surface area contributed by atoms with Gasteiger partial charge in [-0.3, -0.25) is 14.1 Å². The molecule has 0 aromatic carbocycles. The van der Waals surface area contributed by atoms with Crippen LogP contribution in [0.3, 0.4) is 0 Å². The molecule has 0 aliphatic carbocycles. The van der Waals surface area contributed by atoms with Gasteiger partial charge in [0.05, 0.1) is 6.42 Å². The maximum Gasteiger partial charge on any atom is 1.00 e. The molecule has 34 heavy (non-hydrogen) atoms. The van der Waals surface area contributed by atoms with Crippen molar-refractivity contribution >= 4 is 55.4 Å². The smallest absolute Gasteiger partial charge is 0.862 e. The Balaban J connectivity index is 0.00000578. The first kappa shape index (κ1) is 30.9. The van der Waals surface area contributed by atoms with Crippen molar-refractivity contribution in [2.45, 2.75) is 61.0 Å². The van der Waals surface area contributed by atoms with E-state index in [1.54, 1.807) is 17.0 Å². The third-order valence-electron chi connectivity index (χ3n) is 4.34. The molecule has 1 aliphatic heterocycles. The zero-order valence-corrected chi connectivity index (χ0v) is 23.2. The van der Waals surface area contributed by atoms with E-state index in [4.69, 9.17) is 4.55 Å². The minimum Gasteiger partial charge on any atom is -0.862 e. The first-order valence-corrected chi connectivity index (χ1v) is 13.8. The predicted molar refractivity (Wildman–Crippen MR) is 120 cm³/mol. The van der Waals surface area contributed by atoms with Crippen molar-refractivity contribution in [3.63, 3.8) is 0 Å². The molecule has 1 N–H and O–H groups in total. The standard InChI is InChI=1S/C19H25N3O8S3.Na/c1-13(31-32-16-7-4-6-10-21-16)11-15(23)20-9-5-2-3-8-18(25)30-22-17(24)12-14(19(22)26)33(27,28)29;/h4,6-7,10,13-14H,2-3,5,8-9,11-12H2,1H3,(H,20,23)(H,27,28,29);/q;+1/p-1. The van der Waals surface area contributed by atoms with Gasteiger partial charge in [0.25, 0.3) is 21.9 Å². The Morgan fingerprint density at radius 1 is 1.35 bits per heavy atom. The Labute approximate surface area is 227 Å². The zero-order valence-electron chi connectivity index (χ0n) is 18.8. The van der Waals surface area contributed by atoms with Gasteiger partial charge in [-0.1, -0.05) is 30.2 Å². The number of carbonyl (C=O) groups is 3. The Morgan fingerprint density at radius 3 is 2.71 bits per heavy atom. The third kappa shape index (κ3) is 10.6. The number of hydrogen-bond donors (Lipinski definition) is 1. The number of unbranched alkanes of at least 4 members (excludes halogenated alkanes) is 2. The van der Waals surface area contributed by atoms with E-state index in [0.29, 0.717) is 32.2 Å². The molecule has 2 amide bonds. The number of rotatable bonds is 13. The maximum absolute atomic E-state index is 11.9. The summed E-state index contributed by atoms with van der Waals surface area (Å²) in [6, 6.07) is 5.62. The fraction of sp³-hybridized carbons (Fsp3) is 0.526. The molecule has 11 nitrogen and oxygen atoms in total. The van der Waals surface area contributed by atoms with E-state index in [0.717, 1.165) is 5.03 Å². The first-order chi connectivity index (χ1) is 15.6. The van der Waals surface area contributed by atoms with Crippen LogP contribution in [-0.4, -0.2) is 63.7 Å². The van der Waals surface area contributed by atoms with Crippen LogP contribution < -0.4 is 34.7 Å². The van der Waals surface area contributed by atoms with Crippen molar-refractivity contribution in [1.82, 2.24) is 10.0 Å². The Bertz CT molecular complexity index is 978. The molecule has 0 spiro atoms. The number of imide groups is 1. The summed E-state index contributed by atoms with van der Waals surface area (Å²) in [5.74, 6) is -3.38. The minimum absolute atomic E-state index is 0. The molecule has 2 heterocycles. The average molecular weight is 542 g/mol. The van der Waals surface area contributed by atoms with Gasteiger partial charge in [0, 0.05) is 24.4 Å². The summed E-state index contributed by atoms with van der Waals surface area (Å²) >= 11 is 0. The molecule has 1 saturated heterocycles.